The number of carbonyl (C=O) groups excluding carboxylic acids is 2. The fourth-order valence-corrected chi connectivity index (χ4v) is 4.73. The van der Waals surface area contributed by atoms with Crippen LogP contribution in [-0.2, 0) is 17.8 Å². The quantitative estimate of drug-likeness (QED) is 0.302. The molecule has 4 aromatic heterocycles. The highest BCUT2D eigenvalue weighted by Crippen LogP contribution is 2.33. The van der Waals surface area contributed by atoms with Crippen molar-refractivity contribution in [2.45, 2.75) is 66.3 Å². The smallest absolute Gasteiger partial charge is 0.410 e. The summed E-state index contributed by atoms with van der Waals surface area (Å²) in [6, 6.07) is 9.36. The highest BCUT2D eigenvalue weighted by molar-refractivity contribution is 6.10. The summed E-state index contributed by atoms with van der Waals surface area (Å²) in [4.78, 5) is 45.8. The van der Waals surface area contributed by atoms with Gasteiger partial charge in [-0.2, -0.15) is 0 Å². The summed E-state index contributed by atoms with van der Waals surface area (Å²) in [7, 11) is 3.60. The second-order valence-electron chi connectivity index (χ2n) is 12.0. The predicted molar refractivity (Wildman–Crippen MR) is 163 cm³/mol. The highest BCUT2D eigenvalue weighted by atomic mass is 16.6. The van der Waals surface area contributed by atoms with Crippen molar-refractivity contribution >= 4 is 23.6 Å². The molecule has 1 aliphatic rings. The molecule has 5 heterocycles. The van der Waals surface area contributed by atoms with Crippen LogP contribution in [0.3, 0.4) is 0 Å². The van der Waals surface area contributed by atoms with E-state index >= 15 is 0 Å². The van der Waals surface area contributed by atoms with Crippen LogP contribution in [0.5, 0.6) is 0 Å². The van der Waals surface area contributed by atoms with E-state index in [2.05, 4.69) is 29.0 Å². The van der Waals surface area contributed by atoms with Gasteiger partial charge in [0.05, 0.1) is 36.2 Å². The van der Waals surface area contributed by atoms with Crippen molar-refractivity contribution in [1.82, 2.24) is 34.6 Å². The fourth-order valence-electron chi connectivity index (χ4n) is 4.73. The number of rotatable bonds is 7. The maximum absolute atomic E-state index is 13.9. The van der Waals surface area contributed by atoms with E-state index in [-0.39, 0.29) is 25.0 Å². The molecule has 0 aromatic carbocycles. The number of pyridine rings is 3. The predicted octanol–water partition coefficient (Wildman–Crippen LogP) is 4.80. The van der Waals surface area contributed by atoms with Crippen LogP contribution in [0.25, 0.3) is 17.2 Å². The molecule has 5 rings (SSSR count). The Labute approximate surface area is 251 Å². The van der Waals surface area contributed by atoms with Gasteiger partial charge in [0.2, 0.25) is 0 Å². The van der Waals surface area contributed by atoms with Crippen molar-refractivity contribution in [3.63, 3.8) is 0 Å². The second kappa shape index (κ2) is 11.4. The largest absolute Gasteiger partial charge is 0.444 e. The van der Waals surface area contributed by atoms with Crippen molar-refractivity contribution in [2.75, 3.05) is 23.9 Å². The van der Waals surface area contributed by atoms with Gasteiger partial charge >= 0.3 is 6.09 Å². The first-order chi connectivity index (χ1) is 20.3. The minimum atomic E-state index is -0.635. The van der Waals surface area contributed by atoms with E-state index < -0.39 is 11.7 Å². The average Bonchev–Trinajstić information content (AvgIpc) is 3.57. The molecule has 2 amide bonds. The first-order valence-electron chi connectivity index (χ1n) is 14.1. The van der Waals surface area contributed by atoms with Crippen LogP contribution in [0.2, 0.25) is 0 Å². The molecule has 0 unspecified atom stereocenters. The van der Waals surface area contributed by atoms with E-state index in [1.54, 1.807) is 36.7 Å². The van der Waals surface area contributed by atoms with E-state index in [0.29, 0.717) is 34.4 Å². The molecule has 0 radical (unpaired) electrons. The molecule has 0 N–H and O–H groups in total. The number of aromatic nitrogens is 6. The van der Waals surface area contributed by atoms with Crippen LogP contribution < -0.4 is 9.80 Å². The van der Waals surface area contributed by atoms with Gasteiger partial charge in [0.25, 0.3) is 5.91 Å². The Kier molecular flexibility index (Phi) is 7.87. The van der Waals surface area contributed by atoms with E-state index in [4.69, 9.17) is 14.7 Å². The van der Waals surface area contributed by atoms with Gasteiger partial charge in [-0.15, -0.1) is 10.2 Å². The molecular weight excluding hydrogens is 546 g/mol. The Morgan fingerprint density at radius 1 is 1.14 bits per heavy atom. The van der Waals surface area contributed by atoms with Crippen LogP contribution >= 0.6 is 0 Å². The standard InChI is InChI=1S/C31H37N9O3/c1-19(2)38(8)27-14-21-22(24(35-27)17-37(7)30(42)43-31(4,5)6)16-39(29(21)41)26-11-9-10-23(34-26)28-36-33-18-40(28)25-15-32-13-12-20(25)3/h9-15,18-19H,16-17H2,1-8H3. The molecule has 224 valence electrons. The Morgan fingerprint density at radius 2 is 1.91 bits per heavy atom. The molecule has 1 aliphatic heterocycles. The third-order valence-corrected chi connectivity index (χ3v) is 7.28. The van der Waals surface area contributed by atoms with E-state index in [1.807, 2.05) is 68.5 Å². The number of amides is 2. The molecule has 0 atom stereocenters. The maximum Gasteiger partial charge on any atom is 0.410 e. The number of hydrogen-bond donors (Lipinski definition) is 0. The Hall–Kier alpha value is -4.87. The van der Waals surface area contributed by atoms with Crippen molar-refractivity contribution in [3.8, 4) is 17.2 Å². The second-order valence-corrected chi connectivity index (χ2v) is 12.0. The van der Waals surface area contributed by atoms with E-state index in [0.717, 1.165) is 16.8 Å². The number of aryl methyl sites for hydroxylation is 1. The van der Waals surface area contributed by atoms with Crippen LogP contribution in [0, 0.1) is 6.92 Å². The van der Waals surface area contributed by atoms with Gasteiger partial charge in [0, 0.05) is 31.9 Å². The Bertz CT molecular complexity index is 1680. The molecule has 0 saturated carbocycles. The normalized spacial score (nSPS) is 13.0. The molecule has 43 heavy (non-hydrogen) atoms. The number of ether oxygens (including phenoxy) is 1. The Balaban J connectivity index is 1.50. The first-order valence-corrected chi connectivity index (χ1v) is 14.1. The zero-order valence-electron chi connectivity index (χ0n) is 25.9. The van der Waals surface area contributed by atoms with Gasteiger partial charge in [-0.05, 0) is 71.4 Å². The fraction of sp³-hybridized carbons (Fsp3) is 0.387. The maximum atomic E-state index is 13.9. The minimum Gasteiger partial charge on any atom is -0.444 e. The topological polar surface area (TPSA) is 122 Å². The van der Waals surface area contributed by atoms with Gasteiger partial charge in [0.1, 0.15) is 29.3 Å². The summed E-state index contributed by atoms with van der Waals surface area (Å²) in [6.45, 7) is 12.0. The monoisotopic (exact) mass is 583 g/mol. The van der Waals surface area contributed by atoms with Crippen LogP contribution in [-0.4, -0.2) is 72.4 Å². The summed E-state index contributed by atoms with van der Waals surface area (Å²) < 4.78 is 7.39. The first kappa shape index (κ1) is 29.6. The molecule has 12 heteroatoms. The molecule has 0 saturated heterocycles. The van der Waals surface area contributed by atoms with Gasteiger partial charge < -0.3 is 14.5 Å². The van der Waals surface area contributed by atoms with Crippen molar-refractivity contribution < 1.29 is 14.3 Å². The molecule has 0 fully saturated rings. The Morgan fingerprint density at radius 3 is 2.60 bits per heavy atom. The van der Waals surface area contributed by atoms with E-state index in [9.17, 15) is 9.59 Å². The number of anilines is 2. The third-order valence-electron chi connectivity index (χ3n) is 7.28. The average molecular weight is 584 g/mol. The molecule has 12 nitrogen and oxygen atoms in total. The minimum absolute atomic E-state index is 0.147. The summed E-state index contributed by atoms with van der Waals surface area (Å²) in [6.07, 6.45) is 4.64. The molecule has 0 bridgehead atoms. The SMILES string of the molecule is Cc1ccncc1-n1cnnc1-c1cccc(N2Cc3c(cc(N(C)C(C)C)nc3CN(C)C(=O)OC(C)(C)C)C2=O)n1. The number of nitrogens with zero attached hydrogens (tertiary/aromatic N) is 9. The molecule has 0 aliphatic carbocycles. The summed E-state index contributed by atoms with van der Waals surface area (Å²) >= 11 is 0. The zero-order valence-corrected chi connectivity index (χ0v) is 25.9. The van der Waals surface area contributed by atoms with Crippen LogP contribution in [0.1, 0.15) is 61.8 Å². The van der Waals surface area contributed by atoms with Gasteiger partial charge in [0.15, 0.2) is 5.82 Å². The van der Waals surface area contributed by atoms with Gasteiger partial charge in [-0.1, -0.05) is 6.07 Å². The highest BCUT2D eigenvalue weighted by Gasteiger charge is 2.34. The lowest BCUT2D eigenvalue weighted by atomic mass is 10.1. The van der Waals surface area contributed by atoms with Crippen molar-refractivity contribution in [3.05, 3.63) is 71.4 Å². The number of carbonyl (C=O) groups is 2. The number of fused-ring (bicyclic) bond motifs is 1. The lowest BCUT2D eigenvalue weighted by Crippen LogP contribution is -2.34. The molecular formula is C31H37N9O3. The number of hydrogen-bond acceptors (Lipinski definition) is 9. The van der Waals surface area contributed by atoms with E-state index in [1.165, 1.54) is 4.90 Å². The van der Waals surface area contributed by atoms with Crippen LogP contribution in [0.15, 0.2) is 49.1 Å². The van der Waals surface area contributed by atoms with Crippen LogP contribution in [0.4, 0.5) is 16.4 Å². The summed E-state index contributed by atoms with van der Waals surface area (Å²) in [5.41, 5.74) is 3.69. The van der Waals surface area contributed by atoms with Gasteiger partial charge in [-0.3, -0.25) is 19.2 Å². The lowest BCUT2D eigenvalue weighted by Gasteiger charge is -2.26. The molecule has 0 spiro atoms. The van der Waals surface area contributed by atoms with Gasteiger partial charge in [-0.25, -0.2) is 14.8 Å². The summed E-state index contributed by atoms with van der Waals surface area (Å²) in [5, 5.41) is 8.44. The van der Waals surface area contributed by atoms with Crippen molar-refractivity contribution in [1.29, 1.82) is 0 Å². The van der Waals surface area contributed by atoms with Crippen molar-refractivity contribution in [2.24, 2.45) is 0 Å². The third kappa shape index (κ3) is 6.04. The lowest BCUT2D eigenvalue weighted by molar-refractivity contribution is 0.0282. The molecule has 4 aromatic rings. The zero-order chi connectivity index (χ0) is 31.1. The summed E-state index contributed by atoms with van der Waals surface area (Å²) in [5.74, 6) is 1.47.